The van der Waals surface area contributed by atoms with Crippen LogP contribution in [0.25, 0.3) is 0 Å². The third-order valence-corrected chi connectivity index (χ3v) is 4.50. The minimum absolute atomic E-state index is 0.296. The number of hydrogen-bond acceptors (Lipinski definition) is 3. The summed E-state index contributed by atoms with van der Waals surface area (Å²) in [7, 11) is 0. The monoisotopic (exact) mass is 321 g/mol. The molecule has 3 aromatic rings. The molecule has 3 aromatic heterocycles. The van der Waals surface area contributed by atoms with Gasteiger partial charge in [-0.05, 0) is 0 Å². The second-order valence-electron chi connectivity index (χ2n) is 4.07. The third kappa shape index (κ3) is 2.37. The van der Waals surface area contributed by atoms with Gasteiger partial charge in [0.25, 0.3) is 0 Å². The molecular weight excluding hydrogens is 307 g/mol. The molecule has 0 radical (unpaired) electrons. The van der Waals surface area contributed by atoms with Crippen LogP contribution >= 0.6 is 0 Å². The van der Waals surface area contributed by atoms with Gasteiger partial charge in [0.05, 0.1) is 0 Å². The fourth-order valence-corrected chi connectivity index (χ4v) is 3.42. The molecule has 0 fully saturated rings. The number of nitrogens with zero attached hydrogens (tertiary/aromatic N) is 6. The van der Waals surface area contributed by atoms with Gasteiger partial charge in [0.1, 0.15) is 0 Å². The van der Waals surface area contributed by atoms with Crippen LogP contribution in [0.15, 0.2) is 79.1 Å². The maximum absolute atomic E-state index is 4.42. The molecule has 0 saturated heterocycles. The van der Waals surface area contributed by atoms with E-state index in [9.17, 15) is 0 Å². The number of rotatable bonds is 6. The van der Waals surface area contributed by atoms with E-state index in [2.05, 4.69) is 26.8 Å². The SMILES string of the molecule is C=CC=[CH][Mn][C](n1cccn1)(n1cccn1)n1cccn1. The maximum atomic E-state index is 4.42. The van der Waals surface area contributed by atoms with E-state index < -0.39 is 4.69 Å². The van der Waals surface area contributed by atoms with E-state index in [1.807, 2.05) is 56.9 Å². The van der Waals surface area contributed by atoms with Crippen molar-refractivity contribution in [3.8, 4) is 0 Å². The molecule has 0 bridgehead atoms. The summed E-state index contributed by atoms with van der Waals surface area (Å²) in [5, 5.41) is 13.3. The molecule has 0 aromatic carbocycles. The predicted octanol–water partition coefficient (Wildman–Crippen LogP) is 1.72. The fourth-order valence-electron chi connectivity index (χ4n) is 1.95. The van der Waals surface area contributed by atoms with Gasteiger partial charge in [-0.25, -0.2) is 0 Å². The van der Waals surface area contributed by atoms with Crippen molar-refractivity contribution in [2.75, 3.05) is 0 Å². The number of hydrogen-bond donors (Lipinski definition) is 0. The summed E-state index contributed by atoms with van der Waals surface area (Å²) < 4.78 is 4.92. The van der Waals surface area contributed by atoms with E-state index in [0.29, 0.717) is 15.0 Å². The van der Waals surface area contributed by atoms with Crippen molar-refractivity contribution < 1.29 is 15.0 Å². The van der Waals surface area contributed by atoms with Crippen LogP contribution in [0, 0.1) is 0 Å². The van der Waals surface area contributed by atoms with Crippen molar-refractivity contribution in [1.82, 2.24) is 29.3 Å². The first-order valence-electron chi connectivity index (χ1n) is 6.30. The molecule has 3 heterocycles. The topological polar surface area (TPSA) is 53.5 Å². The zero-order valence-electron chi connectivity index (χ0n) is 11.2. The van der Waals surface area contributed by atoms with E-state index in [-0.39, 0.29) is 0 Å². The van der Waals surface area contributed by atoms with Crippen LogP contribution in [0.5, 0.6) is 0 Å². The quantitative estimate of drug-likeness (QED) is 0.513. The Labute approximate surface area is 128 Å². The summed E-state index contributed by atoms with van der Waals surface area (Å²) in [6.07, 6.45) is 14.7. The van der Waals surface area contributed by atoms with Crippen molar-refractivity contribution in [2.24, 2.45) is 0 Å². The Hall–Kier alpha value is -2.37. The zero-order valence-corrected chi connectivity index (χ0v) is 12.4. The Morgan fingerprint density at radius 1 is 0.857 bits per heavy atom. The summed E-state index contributed by atoms with van der Waals surface area (Å²) in [6.45, 7) is 3.72. The van der Waals surface area contributed by atoms with Gasteiger partial charge < -0.3 is 0 Å². The Morgan fingerprint density at radius 3 is 1.67 bits per heavy atom. The molecule has 0 saturated carbocycles. The number of allylic oxidation sites excluding steroid dienone is 2. The molecule has 0 spiro atoms. The Balaban J connectivity index is 2.20. The zero-order chi connectivity index (χ0) is 14.5. The molecule has 0 N–H and O–H groups in total. The molecule has 7 heteroatoms. The third-order valence-electron chi connectivity index (χ3n) is 2.81. The van der Waals surface area contributed by atoms with Crippen molar-refractivity contribution in [3.05, 3.63) is 79.1 Å². The van der Waals surface area contributed by atoms with Crippen molar-refractivity contribution in [2.45, 2.75) is 4.69 Å². The molecular formula is C14H14MnN6. The average Bonchev–Trinajstić information content (AvgIpc) is 3.28. The summed E-state index contributed by atoms with van der Waals surface area (Å²) in [6, 6.07) is 5.68. The first kappa shape index (κ1) is 13.6. The Kier molecular flexibility index (Phi) is 3.85. The standard InChI is InChI=1S/C10H9N6.C4H5.Mn/c1-4-11-14(7-1)10(15-8-2-5-12-15)16-9-3-6-13-16;1-3-4-2;/h1-9H;1,3-4H,2H2;. The average molecular weight is 321 g/mol. The van der Waals surface area contributed by atoms with Crippen LogP contribution in [0.2, 0.25) is 0 Å². The van der Waals surface area contributed by atoms with Gasteiger partial charge in [0.2, 0.25) is 0 Å². The molecule has 0 amide bonds. The van der Waals surface area contributed by atoms with Crippen molar-refractivity contribution in [3.63, 3.8) is 0 Å². The first-order chi connectivity index (χ1) is 10.4. The second kappa shape index (κ2) is 5.95. The van der Waals surface area contributed by atoms with Gasteiger partial charge in [-0.2, -0.15) is 0 Å². The normalized spacial score (nSPS) is 12.0. The van der Waals surface area contributed by atoms with Crippen molar-refractivity contribution in [1.29, 1.82) is 0 Å². The molecule has 3 rings (SSSR count). The van der Waals surface area contributed by atoms with Crippen LogP contribution in [-0.2, 0) is 19.6 Å². The molecule has 0 aliphatic carbocycles. The molecule has 107 valence electrons. The summed E-state index contributed by atoms with van der Waals surface area (Å²) >= 11 is 0.296. The van der Waals surface area contributed by atoms with Crippen LogP contribution in [0.4, 0.5) is 0 Å². The molecule has 0 aliphatic heterocycles. The summed E-state index contributed by atoms with van der Waals surface area (Å²) in [5.74, 6) is 0. The summed E-state index contributed by atoms with van der Waals surface area (Å²) in [4.78, 5) is 2.06. The first-order valence-corrected chi connectivity index (χ1v) is 7.57. The van der Waals surface area contributed by atoms with Gasteiger partial charge in [-0.15, -0.1) is 0 Å². The van der Waals surface area contributed by atoms with E-state index in [0.717, 1.165) is 0 Å². The number of aromatic nitrogens is 6. The minimum atomic E-state index is -0.667. The van der Waals surface area contributed by atoms with Gasteiger partial charge >= 0.3 is 128 Å². The summed E-state index contributed by atoms with van der Waals surface area (Å²) in [5.41, 5.74) is 0. The van der Waals surface area contributed by atoms with Crippen LogP contribution in [0.1, 0.15) is 0 Å². The van der Waals surface area contributed by atoms with Gasteiger partial charge in [-0.3, -0.25) is 0 Å². The van der Waals surface area contributed by atoms with Gasteiger partial charge in [-0.1, -0.05) is 0 Å². The van der Waals surface area contributed by atoms with E-state index >= 15 is 0 Å². The van der Waals surface area contributed by atoms with E-state index in [4.69, 9.17) is 0 Å². The van der Waals surface area contributed by atoms with Gasteiger partial charge in [0.15, 0.2) is 0 Å². The fraction of sp³-hybridized carbons (Fsp3) is 0.0714. The van der Waals surface area contributed by atoms with E-state index in [1.165, 1.54) is 0 Å². The van der Waals surface area contributed by atoms with Gasteiger partial charge in [0, 0.05) is 0 Å². The molecule has 21 heavy (non-hydrogen) atoms. The van der Waals surface area contributed by atoms with Crippen LogP contribution < -0.4 is 0 Å². The van der Waals surface area contributed by atoms with Crippen LogP contribution in [-0.4, -0.2) is 29.3 Å². The molecule has 0 atom stereocenters. The van der Waals surface area contributed by atoms with Crippen molar-refractivity contribution >= 4 is 0 Å². The Bertz CT molecular complexity index is 613. The Morgan fingerprint density at radius 2 is 1.33 bits per heavy atom. The molecule has 6 nitrogen and oxygen atoms in total. The predicted molar refractivity (Wildman–Crippen MR) is 74.8 cm³/mol. The van der Waals surface area contributed by atoms with E-state index in [1.54, 1.807) is 24.7 Å². The molecule has 0 aliphatic rings. The van der Waals surface area contributed by atoms with Crippen LogP contribution in [0.3, 0.4) is 0 Å². The molecule has 0 unspecified atom stereocenters. The second-order valence-corrected chi connectivity index (χ2v) is 5.59.